The van der Waals surface area contributed by atoms with Crippen molar-refractivity contribution in [2.45, 2.75) is 39.7 Å². The highest BCUT2D eigenvalue weighted by atomic mass is 16.5. The van der Waals surface area contributed by atoms with Gasteiger partial charge in [0, 0.05) is 5.56 Å². The maximum atomic E-state index is 11.6. The van der Waals surface area contributed by atoms with Gasteiger partial charge in [0.2, 0.25) is 6.41 Å². The normalized spacial score (nSPS) is 11.2. The molecule has 0 atom stereocenters. The van der Waals surface area contributed by atoms with Gasteiger partial charge in [-0.15, -0.1) is 0 Å². The number of carbonyl (C=O) groups excluding carboxylic acids is 2. The molecule has 2 aromatic rings. The van der Waals surface area contributed by atoms with Gasteiger partial charge >= 0.3 is 5.97 Å². The number of nitrogens with one attached hydrogen (secondary N) is 1. The molecule has 1 N–H and O–H groups in total. The summed E-state index contributed by atoms with van der Waals surface area (Å²) in [6.07, 6.45) is 0.710. The fraction of sp³-hybridized carbons (Fsp3) is 0.389. The molecular formula is C18H23N3O3. The molecule has 0 aliphatic carbocycles. The minimum atomic E-state index is -0.508. The smallest absolute Gasteiger partial charge is 0.356 e. The van der Waals surface area contributed by atoms with E-state index in [2.05, 4.69) is 43.1 Å². The summed E-state index contributed by atoms with van der Waals surface area (Å²) in [7, 11) is 1.30. The number of H-pyrrole nitrogens is 1. The van der Waals surface area contributed by atoms with Crippen molar-refractivity contribution >= 4 is 18.2 Å². The number of nitrogens with zero attached hydrogens (tertiary/aromatic N) is 2. The van der Waals surface area contributed by atoms with Crippen LogP contribution in [0, 0.1) is 6.92 Å². The van der Waals surface area contributed by atoms with Gasteiger partial charge in [-0.3, -0.25) is 14.8 Å². The predicted molar refractivity (Wildman–Crippen MR) is 92.1 cm³/mol. The van der Waals surface area contributed by atoms with Crippen molar-refractivity contribution in [3.8, 4) is 0 Å². The minimum Gasteiger partial charge on any atom is -0.464 e. The molecule has 0 bridgehead atoms. The van der Waals surface area contributed by atoms with Crippen LogP contribution in [0.2, 0.25) is 0 Å². The van der Waals surface area contributed by atoms with Crippen LogP contribution in [0.3, 0.4) is 0 Å². The van der Waals surface area contributed by atoms with Gasteiger partial charge in [0.05, 0.1) is 13.7 Å². The SMILES string of the molecule is COC(=O)c1[nH]nc(N(C=O)Cc2ccc(C(C)(C)C)cc2)c1C. The Morgan fingerprint density at radius 2 is 1.92 bits per heavy atom. The molecule has 6 nitrogen and oxygen atoms in total. The molecule has 0 aliphatic heterocycles. The molecule has 0 fully saturated rings. The quantitative estimate of drug-likeness (QED) is 0.676. The molecule has 0 radical (unpaired) electrons. The Morgan fingerprint density at radius 1 is 1.29 bits per heavy atom. The average molecular weight is 329 g/mol. The largest absolute Gasteiger partial charge is 0.464 e. The number of amides is 1. The molecule has 0 aliphatic rings. The Kier molecular flexibility index (Phi) is 5.07. The average Bonchev–Trinajstić information content (AvgIpc) is 2.93. The summed E-state index contributed by atoms with van der Waals surface area (Å²) in [5.74, 6) is -0.0862. The Labute approximate surface area is 141 Å². The standard InChI is InChI=1S/C18H23N3O3/c1-12-15(17(23)24-5)19-20-16(12)21(11-22)10-13-6-8-14(9-7-13)18(2,3)4/h6-9,11H,10H2,1-5H3,(H,19,20). The highest BCUT2D eigenvalue weighted by Crippen LogP contribution is 2.24. The number of anilines is 1. The summed E-state index contributed by atoms with van der Waals surface area (Å²) in [6.45, 7) is 8.56. The zero-order valence-corrected chi connectivity index (χ0v) is 14.7. The molecule has 1 amide bonds. The number of ether oxygens (including phenoxy) is 1. The van der Waals surface area contributed by atoms with E-state index < -0.39 is 5.97 Å². The van der Waals surface area contributed by atoms with Gasteiger partial charge in [-0.2, -0.15) is 5.10 Å². The second-order valence-corrected chi connectivity index (χ2v) is 6.72. The zero-order chi connectivity index (χ0) is 17.9. The number of hydrogen-bond donors (Lipinski definition) is 1. The van der Waals surface area contributed by atoms with E-state index >= 15 is 0 Å². The van der Waals surface area contributed by atoms with Crippen molar-refractivity contribution in [2.24, 2.45) is 0 Å². The first kappa shape index (κ1) is 17.7. The first-order valence-corrected chi connectivity index (χ1v) is 7.72. The van der Waals surface area contributed by atoms with E-state index in [1.807, 2.05) is 12.1 Å². The number of rotatable bonds is 5. The van der Waals surface area contributed by atoms with Gasteiger partial charge in [0.15, 0.2) is 5.82 Å². The van der Waals surface area contributed by atoms with Crippen molar-refractivity contribution in [3.05, 3.63) is 46.6 Å². The first-order chi connectivity index (χ1) is 11.3. The minimum absolute atomic E-state index is 0.0804. The van der Waals surface area contributed by atoms with Gasteiger partial charge < -0.3 is 4.74 Å². The van der Waals surface area contributed by atoms with Crippen LogP contribution < -0.4 is 4.90 Å². The van der Waals surface area contributed by atoms with Gasteiger partial charge in [0.25, 0.3) is 0 Å². The number of aromatic amines is 1. The van der Waals surface area contributed by atoms with E-state index in [9.17, 15) is 9.59 Å². The molecule has 0 unspecified atom stereocenters. The van der Waals surface area contributed by atoms with Crippen molar-refractivity contribution in [1.29, 1.82) is 0 Å². The molecule has 1 aromatic heterocycles. The highest BCUT2D eigenvalue weighted by Gasteiger charge is 2.20. The topological polar surface area (TPSA) is 75.3 Å². The van der Waals surface area contributed by atoms with Crippen LogP contribution in [0.4, 0.5) is 5.82 Å². The number of carbonyl (C=O) groups is 2. The summed E-state index contributed by atoms with van der Waals surface area (Å²) >= 11 is 0. The van der Waals surface area contributed by atoms with Crippen LogP contribution in [-0.4, -0.2) is 29.7 Å². The van der Waals surface area contributed by atoms with Gasteiger partial charge in [-0.1, -0.05) is 45.0 Å². The molecule has 0 spiro atoms. The molecule has 0 saturated carbocycles. The van der Waals surface area contributed by atoms with Crippen LogP contribution >= 0.6 is 0 Å². The summed E-state index contributed by atoms with van der Waals surface area (Å²) in [5, 5.41) is 6.71. The van der Waals surface area contributed by atoms with Crippen LogP contribution in [-0.2, 0) is 21.5 Å². The fourth-order valence-corrected chi connectivity index (χ4v) is 2.44. The Morgan fingerprint density at radius 3 is 2.42 bits per heavy atom. The maximum absolute atomic E-state index is 11.6. The second-order valence-electron chi connectivity index (χ2n) is 6.72. The van der Waals surface area contributed by atoms with Gasteiger partial charge in [-0.05, 0) is 23.5 Å². The molecule has 6 heteroatoms. The maximum Gasteiger partial charge on any atom is 0.356 e. The highest BCUT2D eigenvalue weighted by molar-refractivity contribution is 5.91. The van der Waals surface area contributed by atoms with Crippen LogP contribution in [0.1, 0.15) is 48.0 Å². The third-order valence-corrected chi connectivity index (χ3v) is 3.95. The number of esters is 1. The second kappa shape index (κ2) is 6.86. The molecule has 2 rings (SSSR count). The molecule has 128 valence electrons. The molecule has 0 saturated heterocycles. The zero-order valence-electron chi connectivity index (χ0n) is 14.7. The van der Waals surface area contributed by atoms with Crippen molar-refractivity contribution in [1.82, 2.24) is 10.2 Å². The van der Waals surface area contributed by atoms with E-state index in [1.165, 1.54) is 17.6 Å². The van der Waals surface area contributed by atoms with E-state index in [0.717, 1.165) is 5.56 Å². The van der Waals surface area contributed by atoms with Crippen molar-refractivity contribution in [2.75, 3.05) is 12.0 Å². The summed E-state index contributed by atoms with van der Waals surface area (Å²) < 4.78 is 4.69. The third-order valence-electron chi connectivity index (χ3n) is 3.95. The van der Waals surface area contributed by atoms with Crippen molar-refractivity contribution in [3.63, 3.8) is 0 Å². The van der Waals surface area contributed by atoms with E-state index in [4.69, 9.17) is 4.74 Å². The number of methoxy groups -OCH3 is 1. The number of aromatic nitrogens is 2. The Hall–Kier alpha value is -2.63. The molecular weight excluding hydrogens is 306 g/mol. The van der Waals surface area contributed by atoms with E-state index in [-0.39, 0.29) is 11.1 Å². The lowest BCUT2D eigenvalue weighted by atomic mass is 9.87. The van der Waals surface area contributed by atoms with E-state index in [0.29, 0.717) is 24.3 Å². The third kappa shape index (κ3) is 3.64. The molecule has 1 heterocycles. The predicted octanol–water partition coefficient (Wildman–Crippen LogP) is 2.97. The lowest BCUT2D eigenvalue weighted by molar-refractivity contribution is -0.107. The first-order valence-electron chi connectivity index (χ1n) is 7.72. The van der Waals surface area contributed by atoms with Crippen LogP contribution in [0.25, 0.3) is 0 Å². The summed E-state index contributed by atoms with van der Waals surface area (Å²) in [4.78, 5) is 24.6. The lowest BCUT2D eigenvalue weighted by Crippen LogP contribution is -2.22. The molecule has 24 heavy (non-hydrogen) atoms. The van der Waals surface area contributed by atoms with Crippen LogP contribution in [0.5, 0.6) is 0 Å². The number of benzene rings is 1. The Balaban J connectivity index is 2.23. The lowest BCUT2D eigenvalue weighted by Gasteiger charge is -2.20. The van der Waals surface area contributed by atoms with E-state index in [1.54, 1.807) is 6.92 Å². The van der Waals surface area contributed by atoms with Crippen molar-refractivity contribution < 1.29 is 14.3 Å². The van der Waals surface area contributed by atoms with Gasteiger partial charge in [-0.25, -0.2) is 4.79 Å². The fourth-order valence-electron chi connectivity index (χ4n) is 2.44. The van der Waals surface area contributed by atoms with Crippen LogP contribution in [0.15, 0.2) is 24.3 Å². The Bertz CT molecular complexity index is 727. The molecule has 1 aromatic carbocycles. The monoisotopic (exact) mass is 329 g/mol. The number of hydrogen-bond acceptors (Lipinski definition) is 4. The van der Waals surface area contributed by atoms with Gasteiger partial charge in [0.1, 0.15) is 5.69 Å². The summed E-state index contributed by atoms with van der Waals surface area (Å²) in [5.41, 5.74) is 3.13. The summed E-state index contributed by atoms with van der Waals surface area (Å²) in [6, 6.07) is 8.13.